The second kappa shape index (κ2) is 14.0. The van der Waals surface area contributed by atoms with E-state index in [0.29, 0.717) is 19.6 Å². The minimum Gasteiger partial charge on any atom is -0.344 e. The molecule has 0 fully saturated rings. The van der Waals surface area contributed by atoms with E-state index in [1.54, 1.807) is 0 Å². The predicted molar refractivity (Wildman–Crippen MR) is 70.1 cm³/mol. The van der Waals surface area contributed by atoms with Crippen molar-refractivity contribution in [1.29, 1.82) is 0 Å². The van der Waals surface area contributed by atoms with Gasteiger partial charge in [-0.05, 0) is 32.2 Å². The minimum atomic E-state index is -2.06. The highest BCUT2D eigenvalue weighted by atomic mass is 31.1. The van der Waals surface area contributed by atoms with Crippen molar-refractivity contribution in [2.24, 2.45) is 11.5 Å². The van der Waals surface area contributed by atoms with Gasteiger partial charge in [0, 0.05) is 4.57 Å². The van der Waals surface area contributed by atoms with Gasteiger partial charge in [0.1, 0.15) is 6.61 Å². The lowest BCUT2D eigenvalue weighted by molar-refractivity contribution is 0.157. The summed E-state index contributed by atoms with van der Waals surface area (Å²) in [5.41, 5.74) is 11.0. The lowest BCUT2D eigenvalue weighted by Gasteiger charge is -2.03. The van der Waals surface area contributed by atoms with Crippen molar-refractivity contribution in [1.82, 2.24) is 6.15 Å². The Morgan fingerprint density at radius 2 is 1.94 bits per heavy atom. The summed E-state index contributed by atoms with van der Waals surface area (Å²) >= 11 is 0. The summed E-state index contributed by atoms with van der Waals surface area (Å²) in [6.45, 7) is 3.20. The molecule has 0 radical (unpaired) electrons. The summed E-state index contributed by atoms with van der Waals surface area (Å²) in [6.07, 6.45) is 5.05. The van der Waals surface area contributed by atoms with Gasteiger partial charge in [-0.1, -0.05) is 19.8 Å². The Hall–Kier alpha value is -0.100. The summed E-state index contributed by atoms with van der Waals surface area (Å²) in [6, 6.07) is 0. The van der Waals surface area contributed by atoms with Gasteiger partial charge in [-0.3, -0.25) is 0 Å². The van der Waals surface area contributed by atoms with Gasteiger partial charge in [-0.2, -0.15) is 0 Å². The van der Waals surface area contributed by atoms with Gasteiger partial charge in [0.15, 0.2) is 6.23 Å². The molecule has 0 rings (SSSR count). The fraction of sp³-hybridized carbons (Fsp3) is 1.00. The third-order valence-electron chi connectivity index (χ3n) is 2.11. The van der Waals surface area contributed by atoms with Crippen LogP contribution in [0.3, 0.4) is 0 Å². The smallest absolute Gasteiger partial charge is 0.344 e. The molecule has 0 aliphatic rings. The SMILES string of the molecule is CCCCO[P+](=O)OC(N)CCCCCN.N. The van der Waals surface area contributed by atoms with E-state index in [1.165, 1.54) is 0 Å². The fourth-order valence-corrected chi connectivity index (χ4v) is 1.81. The number of hydrogen-bond donors (Lipinski definition) is 3. The summed E-state index contributed by atoms with van der Waals surface area (Å²) in [4.78, 5) is 0. The Morgan fingerprint density at radius 3 is 2.53 bits per heavy atom. The first-order chi connectivity index (χ1) is 7.70. The first kappa shape index (κ1) is 19.2. The van der Waals surface area contributed by atoms with E-state index in [1.807, 2.05) is 6.92 Å². The normalized spacial score (nSPS) is 13.0. The quantitative estimate of drug-likeness (QED) is 0.300. The van der Waals surface area contributed by atoms with Crippen LogP contribution in [0.1, 0.15) is 45.4 Å². The van der Waals surface area contributed by atoms with Crippen molar-refractivity contribution >= 4 is 8.25 Å². The molecule has 0 spiro atoms. The summed E-state index contributed by atoms with van der Waals surface area (Å²) < 4.78 is 21.2. The van der Waals surface area contributed by atoms with Crippen molar-refractivity contribution in [3.63, 3.8) is 0 Å². The van der Waals surface area contributed by atoms with Crippen LogP contribution in [-0.2, 0) is 13.6 Å². The van der Waals surface area contributed by atoms with E-state index in [2.05, 4.69) is 0 Å². The molecule has 0 aliphatic heterocycles. The second-order valence-electron chi connectivity index (χ2n) is 3.69. The molecular formula is C10H27N3O3P+. The number of rotatable bonds is 11. The maximum atomic E-state index is 11.2. The molecule has 0 saturated carbocycles. The highest BCUT2D eigenvalue weighted by Gasteiger charge is 2.24. The van der Waals surface area contributed by atoms with Crippen LogP contribution in [0, 0.1) is 0 Å². The molecule has 0 aliphatic carbocycles. The van der Waals surface area contributed by atoms with Gasteiger partial charge in [0.25, 0.3) is 0 Å². The molecule has 6 nitrogen and oxygen atoms in total. The van der Waals surface area contributed by atoms with Gasteiger partial charge in [-0.25, -0.2) is 0 Å². The molecule has 0 saturated heterocycles. The molecule has 7 heteroatoms. The van der Waals surface area contributed by atoms with E-state index in [0.717, 1.165) is 32.1 Å². The van der Waals surface area contributed by atoms with Crippen molar-refractivity contribution in [2.45, 2.75) is 51.7 Å². The molecular weight excluding hydrogens is 241 g/mol. The monoisotopic (exact) mass is 268 g/mol. The molecule has 2 unspecified atom stereocenters. The Kier molecular flexibility index (Phi) is 15.8. The van der Waals surface area contributed by atoms with Crippen LogP contribution in [0.5, 0.6) is 0 Å². The predicted octanol–water partition coefficient (Wildman–Crippen LogP) is 2.44. The molecule has 17 heavy (non-hydrogen) atoms. The van der Waals surface area contributed by atoms with E-state index in [-0.39, 0.29) is 6.15 Å². The highest BCUT2D eigenvalue weighted by molar-refractivity contribution is 7.33. The van der Waals surface area contributed by atoms with Crippen molar-refractivity contribution in [3.05, 3.63) is 0 Å². The van der Waals surface area contributed by atoms with Crippen molar-refractivity contribution < 1.29 is 13.6 Å². The molecule has 0 aromatic heterocycles. The zero-order chi connectivity index (χ0) is 12.2. The standard InChI is InChI=1S/C10H24N2O3P.H3N/c1-2-3-9-14-16(13)15-10(12)7-5-4-6-8-11;/h10H,2-9,11-12H2,1H3;1H3/q+1;. The van der Waals surface area contributed by atoms with E-state index in [9.17, 15) is 4.57 Å². The Morgan fingerprint density at radius 1 is 1.24 bits per heavy atom. The van der Waals surface area contributed by atoms with Crippen LogP contribution < -0.4 is 17.6 Å². The van der Waals surface area contributed by atoms with E-state index in [4.69, 9.17) is 20.5 Å². The average molecular weight is 268 g/mol. The van der Waals surface area contributed by atoms with Crippen molar-refractivity contribution in [2.75, 3.05) is 13.2 Å². The lowest BCUT2D eigenvalue weighted by atomic mass is 10.2. The molecule has 7 N–H and O–H groups in total. The number of nitrogens with two attached hydrogens (primary N) is 2. The first-order valence-electron chi connectivity index (χ1n) is 5.93. The third-order valence-corrected chi connectivity index (χ3v) is 2.95. The van der Waals surface area contributed by atoms with Crippen LogP contribution in [0.25, 0.3) is 0 Å². The first-order valence-corrected chi connectivity index (χ1v) is 7.02. The average Bonchev–Trinajstić information content (AvgIpc) is 2.25. The molecule has 104 valence electrons. The molecule has 2 atom stereocenters. The third kappa shape index (κ3) is 13.8. The number of hydrogen-bond acceptors (Lipinski definition) is 6. The molecule has 0 heterocycles. The van der Waals surface area contributed by atoms with E-state index < -0.39 is 14.5 Å². The van der Waals surface area contributed by atoms with Gasteiger partial charge in [-0.15, -0.1) is 9.05 Å². The maximum Gasteiger partial charge on any atom is 0.699 e. The van der Waals surface area contributed by atoms with Gasteiger partial charge < -0.3 is 17.6 Å². The maximum absolute atomic E-state index is 11.2. The summed E-state index contributed by atoms with van der Waals surface area (Å²) in [5.74, 6) is 0. The van der Waals surface area contributed by atoms with Crippen LogP contribution in [0.15, 0.2) is 0 Å². The largest absolute Gasteiger partial charge is 0.699 e. The van der Waals surface area contributed by atoms with Gasteiger partial charge >= 0.3 is 8.25 Å². The molecule has 0 bridgehead atoms. The van der Waals surface area contributed by atoms with Gasteiger partial charge in [0.05, 0.1) is 0 Å². The Labute approximate surface area is 105 Å². The molecule has 0 amide bonds. The molecule has 0 aromatic rings. The van der Waals surface area contributed by atoms with Crippen molar-refractivity contribution in [3.8, 4) is 0 Å². The Bertz CT molecular complexity index is 184. The second-order valence-corrected chi connectivity index (χ2v) is 4.61. The summed E-state index contributed by atoms with van der Waals surface area (Å²) in [7, 11) is -2.06. The fourth-order valence-electron chi connectivity index (χ4n) is 1.14. The lowest BCUT2D eigenvalue weighted by Crippen LogP contribution is -2.21. The zero-order valence-electron chi connectivity index (χ0n) is 10.8. The van der Waals surface area contributed by atoms with Crippen LogP contribution in [0.4, 0.5) is 0 Å². The van der Waals surface area contributed by atoms with Crippen LogP contribution >= 0.6 is 8.25 Å². The highest BCUT2D eigenvalue weighted by Crippen LogP contribution is 2.26. The van der Waals surface area contributed by atoms with E-state index >= 15 is 0 Å². The van der Waals surface area contributed by atoms with Crippen LogP contribution in [-0.4, -0.2) is 19.4 Å². The van der Waals surface area contributed by atoms with Gasteiger partial charge in [0.2, 0.25) is 0 Å². The zero-order valence-corrected chi connectivity index (χ0v) is 11.7. The van der Waals surface area contributed by atoms with Crippen LogP contribution in [0.2, 0.25) is 0 Å². The summed E-state index contributed by atoms with van der Waals surface area (Å²) in [5, 5.41) is 0. The minimum absolute atomic E-state index is 0. The topological polar surface area (TPSA) is 123 Å². The Balaban J connectivity index is 0. The molecule has 0 aromatic carbocycles. The number of unbranched alkanes of at least 4 members (excludes halogenated alkanes) is 3.